The molecular weight excluding hydrogens is 288 g/mol. The van der Waals surface area contributed by atoms with Gasteiger partial charge in [-0.25, -0.2) is 5.01 Å². The van der Waals surface area contributed by atoms with Gasteiger partial charge >= 0.3 is 0 Å². The highest BCUT2D eigenvalue weighted by Gasteiger charge is 2.42. The Morgan fingerprint density at radius 1 is 1.39 bits per heavy atom. The van der Waals surface area contributed by atoms with Crippen molar-refractivity contribution < 1.29 is 9.53 Å². The molecule has 1 saturated heterocycles. The number of hydrogen-bond donors (Lipinski definition) is 0. The molecule has 4 nitrogen and oxygen atoms in total. The molecule has 2 aliphatic heterocycles. The average molecular weight is 310 g/mol. The summed E-state index contributed by atoms with van der Waals surface area (Å²) in [6.07, 6.45) is 7.46. The average Bonchev–Trinajstić information content (AvgIpc) is 2.85. The quantitative estimate of drug-likeness (QED) is 0.806. The van der Waals surface area contributed by atoms with E-state index in [1.165, 1.54) is 0 Å². The van der Waals surface area contributed by atoms with Crippen LogP contribution in [-0.2, 0) is 9.53 Å². The van der Waals surface area contributed by atoms with E-state index < -0.39 is 0 Å². The predicted molar refractivity (Wildman–Crippen MR) is 89.8 cm³/mol. The predicted octanol–water partition coefficient (Wildman–Crippen LogP) is 2.83. The van der Waals surface area contributed by atoms with Gasteiger partial charge in [-0.05, 0) is 32.3 Å². The number of benzene rings is 1. The van der Waals surface area contributed by atoms with E-state index in [-0.39, 0.29) is 23.5 Å². The number of rotatable bonds is 3. The third kappa shape index (κ3) is 3.16. The first-order valence-electron chi connectivity index (χ1n) is 8.06. The number of amides is 1. The molecule has 1 fully saturated rings. The van der Waals surface area contributed by atoms with E-state index in [1.54, 1.807) is 5.01 Å². The normalized spacial score (nSPS) is 26.7. The molecule has 1 aromatic rings. The van der Waals surface area contributed by atoms with Crippen molar-refractivity contribution in [1.29, 1.82) is 0 Å². The number of ether oxygens (including phenoxy) is 1. The summed E-state index contributed by atoms with van der Waals surface area (Å²) in [5.41, 5.74) is 1.53. The van der Waals surface area contributed by atoms with Crippen LogP contribution in [0.2, 0.25) is 0 Å². The minimum absolute atomic E-state index is 0.0181. The zero-order chi connectivity index (χ0) is 16.4. The highest BCUT2D eigenvalue weighted by molar-refractivity contribution is 6.16. The molecule has 23 heavy (non-hydrogen) atoms. The van der Waals surface area contributed by atoms with E-state index >= 15 is 0 Å². The number of nitrogens with zero attached hydrogens (tertiary/aromatic N) is 2. The van der Waals surface area contributed by atoms with Crippen molar-refractivity contribution in [1.82, 2.24) is 5.01 Å². The Kier molecular flexibility index (Phi) is 4.23. The topological polar surface area (TPSA) is 41.9 Å². The smallest absolute Gasteiger partial charge is 0.253 e. The molecular formula is C19H22N2O2. The van der Waals surface area contributed by atoms with Crippen LogP contribution in [0.25, 0.3) is 0 Å². The molecule has 1 amide bonds. The standard InChI is InChI=1S/C19H22N2O2/c1-4-8-16-17(14-9-6-5-7-10-14)20-21(18(16)22)15-11-12-23-19(2,3)13-15/h1,5-7,9-10,15-16H,8,11-13H2,2-3H3/t15-,16-/m0/s1. The van der Waals surface area contributed by atoms with E-state index in [0.717, 1.165) is 24.1 Å². The zero-order valence-corrected chi connectivity index (χ0v) is 13.7. The first-order valence-corrected chi connectivity index (χ1v) is 8.06. The molecule has 3 rings (SSSR count). The van der Waals surface area contributed by atoms with E-state index in [9.17, 15) is 4.79 Å². The van der Waals surface area contributed by atoms with Gasteiger partial charge in [-0.2, -0.15) is 5.10 Å². The van der Waals surface area contributed by atoms with Crippen molar-refractivity contribution in [3.63, 3.8) is 0 Å². The lowest BCUT2D eigenvalue weighted by molar-refractivity contribution is -0.140. The second-order valence-corrected chi connectivity index (χ2v) is 6.75. The van der Waals surface area contributed by atoms with Crippen molar-refractivity contribution in [2.75, 3.05) is 6.61 Å². The van der Waals surface area contributed by atoms with Gasteiger partial charge in [0.05, 0.1) is 23.3 Å². The molecule has 4 heteroatoms. The largest absolute Gasteiger partial charge is 0.375 e. The molecule has 0 aliphatic carbocycles. The maximum absolute atomic E-state index is 12.9. The Bertz CT molecular complexity index is 658. The summed E-state index contributed by atoms with van der Waals surface area (Å²) in [4.78, 5) is 12.9. The van der Waals surface area contributed by atoms with E-state index in [4.69, 9.17) is 11.2 Å². The lowest BCUT2D eigenvalue weighted by Crippen LogP contribution is -2.45. The van der Waals surface area contributed by atoms with Crippen molar-refractivity contribution in [2.45, 2.75) is 44.8 Å². The number of carbonyl (C=O) groups excluding carboxylic acids is 1. The molecule has 120 valence electrons. The van der Waals surface area contributed by atoms with Gasteiger partial charge in [0.25, 0.3) is 5.91 Å². The van der Waals surface area contributed by atoms with Crippen LogP contribution in [0.1, 0.15) is 38.7 Å². The monoisotopic (exact) mass is 310 g/mol. The summed E-state index contributed by atoms with van der Waals surface area (Å²) in [5.74, 6) is 2.31. The van der Waals surface area contributed by atoms with Gasteiger partial charge in [0.15, 0.2) is 0 Å². The van der Waals surface area contributed by atoms with Crippen molar-refractivity contribution in [3.05, 3.63) is 35.9 Å². The highest BCUT2D eigenvalue weighted by Crippen LogP contribution is 2.32. The Balaban J connectivity index is 1.91. The number of carbonyl (C=O) groups is 1. The minimum Gasteiger partial charge on any atom is -0.375 e. The summed E-state index contributed by atoms with van der Waals surface area (Å²) >= 11 is 0. The molecule has 0 saturated carbocycles. The molecule has 1 aromatic carbocycles. The SMILES string of the molecule is C#CC[C@@H]1C(=O)N([C@H]2CCOC(C)(C)C2)N=C1c1ccccc1. The fourth-order valence-corrected chi connectivity index (χ4v) is 3.35. The van der Waals surface area contributed by atoms with Crippen LogP contribution < -0.4 is 0 Å². The number of hydrazone groups is 1. The highest BCUT2D eigenvalue weighted by atomic mass is 16.5. The van der Waals surface area contributed by atoms with Crippen LogP contribution in [0.3, 0.4) is 0 Å². The zero-order valence-electron chi connectivity index (χ0n) is 13.7. The summed E-state index contributed by atoms with van der Waals surface area (Å²) in [6.45, 7) is 4.76. The number of terminal acetylenes is 1. The van der Waals surface area contributed by atoms with Crippen LogP contribution in [0, 0.1) is 18.3 Å². The van der Waals surface area contributed by atoms with Crippen LogP contribution in [-0.4, -0.2) is 34.9 Å². The molecule has 2 aliphatic rings. The Morgan fingerprint density at radius 3 is 2.78 bits per heavy atom. The van der Waals surface area contributed by atoms with Gasteiger partial charge in [0, 0.05) is 13.0 Å². The molecule has 0 spiro atoms. The minimum atomic E-state index is -0.339. The molecule has 2 atom stereocenters. The lowest BCUT2D eigenvalue weighted by Gasteiger charge is -2.38. The molecule has 0 N–H and O–H groups in total. The van der Waals surface area contributed by atoms with Crippen LogP contribution in [0.5, 0.6) is 0 Å². The molecule has 0 aromatic heterocycles. The summed E-state index contributed by atoms with van der Waals surface area (Å²) in [6, 6.07) is 9.90. The third-order valence-electron chi connectivity index (χ3n) is 4.48. The van der Waals surface area contributed by atoms with Crippen LogP contribution in [0.15, 0.2) is 35.4 Å². The van der Waals surface area contributed by atoms with Crippen LogP contribution >= 0.6 is 0 Å². The molecule has 0 radical (unpaired) electrons. The summed E-state index contributed by atoms with van der Waals surface area (Å²) in [5, 5.41) is 6.34. The van der Waals surface area contributed by atoms with Crippen LogP contribution in [0.4, 0.5) is 0 Å². The van der Waals surface area contributed by atoms with E-state index in [2.05, 4.69) is 24.9 Å². The van der Waals surface area contributed by atoms with Gasteiger partial charge in [0.2, 0.25) is 0 Å². The van der Waals surface area contributed by atoms with E-state index in [0.29, 0.717) is 13.0 Å². The van der Waals surface area contributed by atoms with Gasteiger partial charge < -0.3 is 4.74 Å². The second kappa shape index (κ2) is 6.17. The van der Waals surface area contributed by atoms with E-state index in [1.807, 2.05) is 30.3 Å². The number of hydrogen-bond acceptors (Lipinski definition) is 3. The summed E-state index contributed by atoms with van der Waals surface area (Å²) < 4.78 is 5.76. The first-order chi connectivity index (χ1) is 11.0. The van der Waals surface area contributed by atoms with Gasteiger partial charge in [0.1, 0.15) is 0 Å². The fourth-order valence-electron chi connectivity index (χ4n) is 3.35. The second-order valence-electron chi connectivity index (χ2n) is 6.75. The van der Waals surface area contributed by atoms with Crippen molar-refractivity contribution in [2.24, 2.45) is 11.0 Å². The summed E-state index contributed by atoms with van der Waals surface area (Å²) in [7, 11) is 0. The molecule has 0 bridgehead atoms. The maximum Gasteiger partial charge on any atom is 0.253 e. The maximum atomic E-state index is 12.9. The van der Waals surface area contributed by atoms with Gasteiger partial charge in [-0.15, -0.1) is 12.3 Å². The lowest BCUT2D eigenvalue weighted by atomic mass is 9.91. The van der Waals surface area contributed by atoms with Gasteiger partial charge in [-0.1, -0.05) is 30.3 Å². The first kappa shape index (κ1) is 15.8. The molecule has 0 unspecified atom stereocenters. The Labute approximate surface area is 137 Å². The Hall–Kier alpha value is -2.12. The molecule has 2 heterocycles. The fraction of sp³-hybridized carbons (Fsp3) is 0.474. The Morgan fingerprint density at radius 2 is 2.13 bits per heavy atom. The third-order valence-corrected chi connectivity index (χ3v) is 4.48. The van der Waals surface area contributed by atoms with Crippen molar-refractivity contribution in [3.8, 4) is 12.3 Å². The van der Waals surface area contributed by atoms with Gasteiger partial charge in [-0.3, -0.25) is 4.79 Å². The van der Waals surface area contributed by atoms with Crippen molar-refractivity contribution >= 4 is 11.6 Å².